The quantitative estimate of drug-likeness (QED) is 0.292. The van der Waals surface area contributed by atoms with E-state index < -0.39 is 34.0 Å². The molecule has 3 aromatic rings. The highest BCUT2D eigenvalue weighted by atomic mass is 32.2. The van der Waals surface area contributed by atoms with E-state index in [2.05, 4.69) is 46.1 Å². The first-order valence-corrected chi connectivity index (χ1v) is 14.2. The van der Waals surface area contributed by atoms with Crippen LogP contribution in [0.4, 0.5) is 0 Å². The summed E-state index contributed by atoms with van der Waals surface area (Å²) in [4.78, 5) is 23.0. The predicted molar refractivity (Wildman–Crippen MR) is 145 cm³/mol. The lowest BCUT2D eigenvalue weighted by Gasteiger charge is -2.23. The highest BCUT2D eigenvalue weighted by Crippen LogP contribution is 2.32. The Bertz CT molecular complexity index is 1460. The van der Waals surface area contributed by atoms with E-state index in [0.717, 1.165) is 11.3 Å². The number of benzene rings is 1. The molecule has 0 aliphatic heterocycles. The van der Waals surface area contributed by atoms with Crippen molar-refractivity contribution >= 4 is 27.5 Å². The average molecular weight is 563 g/mol. The number of carbonyl (C=O) groups excluding carboxylic acids is 1. The summed E-state index contributed by atoms with van der Waals surface area (Å²) in [6.07, 6.45) is -1.31. The fourth-order valence-corrected chi connectivity index (χ4v) is 5.14. The normalized spacial score (nSPS) is 14.3. The van der Waals surface area contributed by atoms with Crippen molar-refractivity contribution in [3.63, 3.8) is 0 Å². The molecule has 12 nitrogen and oxygen atoms in total. The van der Waals surface area contributed by atoms with E-state index in [0.29, 0.717) is 11.5 Å². The zero-order valence-corrected chi connectivity index (χ0v) is 24.4. The van der Waals surface area contributed by atoms with Gasteiger partial charge in [0.05, 0.1) is 12.5 Å². The Morgan fingerprint density at radius 2 is 1.74 bits per heavy atom. The van der Waals surface area contributed by atoms with Crippen molar-refractivity contribution < 1.29 is 27.9 Å². The molecule has 3 rings (SSSR count). The first-order valence-electron chi connectivity index (χ1n) is 12.7. The first-order chi connectivity index (χ1) is 17.9. The van der Waals surface area contributed by atoms with Gasteiger partial charge in [0.15, 0.2) is 17.6 Å². The van der Waals surface area contributed by atoms with Crippen LogP contribution in [-0.2, 0) is 30.4 Å². The maximum atomic E-state index is 13.7. The molecule has 4 N–H and O–H groups in total. The Balaban J connectivity index is 1.92. The number of rotatable bonds is 10. The van der Waals surface area contributed by atoms with Crippen LogP contribution in [0.25, 0.3) is 5.65 Å². The Morgan fingerprint density at radius 1 is 1.08 bits per heavy atom. The van der Waals surface area contributed by atoms with E-state index in [4.69, 9.17) is 9.84 Å². The molecule has 13 heteroatoms. The molecule has 2 unspecified atom stereocenters. The maximum Gasteiger partial charge on any atom is 0.305 e. The van der Waals surface area contributed by atoms with Crippen LogP contribution in [0.5, 0.6) is 5.75 Å². The standard InChI is InChI=1S/C26H38N6O6S/c1-15(23-29-28-21-14-20(26(6,7)8)30-32(21)23)31-39(36,37)19-13-17(25(3,4)5)9-10-18(19)38-16(2)24(35)27-12-11-22(33)34/h9-10,13-16,30-31H,11-12H2,1-8H3,(H,27,35)(H,33,34). The molecule has 0 saturated carbocycles. The molecule has 0 radical (unpaired) electrons. The van der Waals surface area contributed by atoms with Gasteiger partial charge in [-0.3, -0.25) is 14.7 Å². The first kappa shape index (κ1) is 30.1. The van der Waals surface area contributed by atoms with Gasteiger partial charge < -0.3 is 15.2 Å². The molecule has 39 heavy (non-hydrogen) atoms. The number of H-pyrrole nitrogens is 1. The van der Waals surface area contributed by atoms with Crippen LogP contribution >= 0.6 is 0 Å². The number of sulfonamides is 1. The molecule has 0 bridgehead atoms. The SMILES string of the molecule is CC(Oc1ccc(C(C)(C)C)cc1S(=O)(=O)NC(C)c1nnc2cc(C(C)(C)C)[nH]n12)C(=O)NCCC(=O)O. The van der Waals surface area contributed by atoms with Gasteiger partial charge in [-0.1, -0.05) is 47.6 Å². The van der Waals surface area contributed by atoms with Gasteiger partial charge in [-0.15, -0.1) is 10.2 Å². The lowest BCUT2D eigenvalue weighted by Crippen LogP contribution is -2.38. The van der Waals surface area contributed by atoms with Crippen LogP contribution < -0.4 is 14.8 Å². The van der Waals surface area contributed by atoms with Gasteiger partial charge in [-0.25, -0.2) is 17.7 Å². The fraction of sp³-hybridized carbons (Fsp3) is 0.538. The molecular formula is C26H38N6O6S. The number of aromatic amines is 1. The number of carboxylic acids is 1. The lowest BCUT2D eigenvalue weighted by atomic mass is 9.87. The van der Waals surface area contributed by atoms with Crippen molar-refractivity contribution in [2.24, 2.45) is 0 Å². The van der Waals surface area contributed by atoms with Gasteiger partial charge >= 0.3 is 5.97 Å². The van der Waals surface area contributed by atoms with E-state index in [9.17, 15) is 18.0 Å². The van der Waals surface area contributed by atoms with E-state index >= 15 is 0 Å². The predicted octanol–water partition coefficient (Wildman–Crippen LogP) is 3.05. The molecule has 0 spiro atoms. The van der Waals surface area contributed by atoms with Crippen LogP contribution in [0.1, 0.15) is 84.9 Å². The number of nitrogens with one attached hydrogen (secondary N) is 3. The molecule has 1 aromatic carbocycles. The zero-order valence-electron chi connectivity index (χ0n) is 23.6. The molecule has 0 saturated heterocycles. The summed E-state index contributed by atoms with van der Waals surface area (Å²) in [6.45, 7) is 15.1. The van der Waals surface area contributed by atoms with E-state index in [1.807, 2.05) is 26.8 Å². The largest absolute Gasteiger partial charge is 0.481 e. The minimum Gasteiger partial charge on any atom is -0.481 e. The Kier molecular flexibility index (Phi) is 8.46. The molecule has 2 heterocycles. The summed E-state index contributed by atoms with van der Waals surface area (Å²) in [5.41, 5.74) is 1.72. The van der Waals surface area contributed by atoms with Crippen molar-refractivity contribution in [1.29, 1.82) is 0 Å². The number of amides is 1. The van der Waals surface area contributed by atoms with Gasteiger partial charge in [-0.2, -0.15) is 0 Å². The fourth-order valence-electron chi connectivity index (χ4n) is 3.77. The summed E-state index contributed by atoms with van der Waals surface area (Å²) in [7, 11) is -4.17. The van der Waals surface area contributed by atoms with Gasteiger partial charge in [-0.05, 0) is 37.0 Å². The van der Waals surface area contributed by atoms with Gasteiger partial charge in [0, 0.05) is 23.7 Å². The van der Waals surface area contributed by atoms with Gasteiger partial charge in [0.25, 0.3) is 5.91 Å². The minimum atomic E-state index is -4.17. The summed E-state index contributed by atoms with van der Waals surface area (Å²) >= 11 is 0. The van der Waals surface area contributed by atoms with Crippen LogP contribution in [0.2, 0.25) is 0 Å². The van der Waals surface area contributed by atoms with Crippen LogP contribution in [0.3, 0.4) is 0 Å². The lowest BCUT2D eigenvalue weighted by molar-refractivity contribution is -0.137. The van der Waals surface area contributed by atoms with E-state index in [1.165, 1.54) is 19.1 Å². The molecule has 0 aliphatic carbocycles. The van der Waals surface area contributed by atoms with Gasteiger partial charge in [0.1, 0.15) is 10.6 Å². The molecule has 2 aromatic heterocycles. The van der Waals surface area contributed by atoms with E-state index in [1.54, 1.807) is 17.5 Å². The molecule has 0 aliphatic rings. The number of nitrogens with zero attached hydrogens (tertiary/aromatic N) is 3. The summed E-state index contributed by atoms with van der Waals surface area (Å²) in [6, 6.07) is 5.92. The second-order valence-corrected chi connectivity index (χ2v) is 13.3. The number of hydrogen-bond acceptors (Lipinski definition) is 7. The minimum absolute atomic E-state index is 0.00938. The van der Waals surface area contributed by atoms with Crippen LogP contribution in [0.15, 0.2) is 29.2 Å². The number of fused-ring (bicyclic) bond motifs is 1. The topological polar surface area (TPSA) is 168 Å². The number of aliphatic carboxylic acids is 1. The summed E-state index contributed by atoms with van der Waals surface area (Å²) in [5.74, 6) is -1.24. The Morgan fingerprint density at radius 3 is 2.33 bits per heavy atom. The number of ether oxygens (including phenoxy) is 1. The Labute approximate surface area is 228 Å². The van der Waals surface area contributed by atoms with Crippen LogP contribution in [-0.4, -0.2) is 57.9 Å². The maximum absolute atomic E-state index is 13.7. The molecular weight excluding hydrogens is 524 g/mol. The summed E-state index contributed by atoms with van der Waals surface area (Å²) < 4.78 is 37.5. The monoisotopic (exact) mass is 562 g/mol. The number of hydrogen-bond donors (Lipinski definition) is 4. The average Bonchev–Trinajstić information content (AvgIpc) is 3.39. The number of carboxylic acid groups (broad SMARTS) is 1. The third-order valence-corrected chi connectivity index (χ3v) is 7.72. The second kappa shape index (κ2) is 11.0. The number of aromatic nitrogens is 4. The molecule has 1 amide bonds. The zero-order chi connectivity index (χ0) is 29.3. The Hall–Kier alpha value is -3.45. The second-order valence-electron chi connectivity index (χ2n) is 11.6. The van der Waals surface area contributed by atoms with Crippen molar-refractivity contribution in [3.05, 3.63) is 41.3 Å². The van der Waals surface area contributed by atoms with Gasteiger partial charge in [0.2, 0.25) is 10.0 Å². The molecule has 2 atom stereocenters. The number of carbonyl (C=O) groups is 2. The third-order valence-electron chi connectivity index (χ3n) is 6.16. The third kappa shape index (κ3) is 7.15. The van der Waals surface area contributed by atoms with Crippen molar-refractivity contribution in [3.8, 4) is 5.75 Å². The van der Waals surface area contributed by atoms with Crippen molar-refractivity contribution in [1.82, 2.24) is 29.9 Å². The van der Waals surface area contributed by atoms with Crippen LogP contribution in [0, 0.1) is 0 Å². The highest BCUT2D eigenvalue weighted by Gasteiger charge is 2.29. The molecule has 0 fully saturated rings. The summed E-state index contributed by atoms with van der Waals surface area (Å²) in [5, 5.41) is 22.9. The molecule has 214 valence electrons. The van der Waals surface area contributed by atoms with Crippen molar-refractivity contribution in [2.75, 3.05) is 6.54 Å². The van der Waals surface area contributed by atoms with Crippen molar-refractivity contribution in [2.45, 2.75) is 89.7 Å². The smallest absolute Gasteiger partial charge is 0.305 e. The highest BCUT2D eigenvalue weighted by molar-refractivity contribution is 7.89. The van der Waals surface area contributed by atoms with E-state index in [-0.39, 0.29) is 34.4 Å².